The number of likely N-dealkylation sites (N-methyl/N-ethyl adjacent to an activating group) is 1. The SMILES string of the molecule is CCN(CC)C1NN(C(C)C)C(=O)C1=O. The van der Waals surface area contributed by atoms with Crippen LogP contribution >= 0.6 is 0 Å². The second-order valence-corrected chi connectivity index (χ2v) is 3.89. The molecule has 0 saturated carbocycles. The minimum atomic E-state index is -0.477. The molecule has 5 nitrogen and oxygen atoms in total. The summed E-state index contributed by atoms with van der Waals surface area (Å²) in [7, 11) is 0. The van der Waals surface area contributed by atoms with Gasteiger partial charge in [0.05, 0.1) is 0 Å². The van der Waals surface area contributed by atoms with Gasteiger partial charge in [-0.1, -0.05) is 13.8 Å². The second kappa shape index (κ2) is 4.72. The first-order chi connectivity index (χ1) is 7.02. The van der Waals surface area contributed by atoms with E-state index in [0.29, 0.717) is 0 Å². The lowest BCUT2D eigenvalue weighted by atomic mass is 10.3. The van der Waals surface area contributed by atoms with Gasteiger partial charge in [0.2, 0.25) is 0 Å². The van der Waals surface area contributed by atoms with Crippen molar-refractivity contribution < 1.29 is 9.59 Å². The molecule has 0 radical (unpaired) electrons. The van der Waals surface area contributed by atoms with Crippen LogP contribution in [0.3, 0.4) is 0 Å². The van der Waals surface area contributed by atoms with Gasteiger partial charge in [-0.3, -0.25) is 19.5 Å². The van der Waals surface area contributed by atoms with E-state index in [0.717, 1.165) is 13.1 Å². The third-order valence-electron chi connectivity index (χ3n) is 2.63. The van der Waals surface area contributed by atoms with Crippen molar-refractivity contribution in [3.63, 3.8) is 0 Å². The molecule has 0 aromatic carbocycles. The van der Waals surface area contributed by atoms with E-state index in [2.05, 4.69) is 5.43 Å². The average Bonchev–Trinajstić information content (AvgIpc) is 2.48. The van der Waals surface area contributed by atoms with E-state index in [-0.39, 0.29) is 11.8 Å². The molecule has 86 valence electrons. The summed E-state index contributed by atoms with van der Waals surface area (Å²) in [6, 6.07) is 0.00186. The number of hydrogen-bond donors (Lipinski definition) is 1. The predicted molar refractivity (Wildman–Crippen MR) is 56.8 cm³/mol. The van der Waals surface area contributed by atoms with Gasteiger partial charge in [-0.15, -0.1) is 0 Å². The Bertz CT molecular complexity index is 261. The van der Waals surface area contributed by atoms with Crippen molar-refractivity contribution in [2.45, 2.75) is 39.9 Å². The van der Waals surface area contributed by atoms with Crippen LogP contribution in [0.4, 0.5) is 0 Å². The van der Waals surface area contributed by atoms with Gasteiger partial charge in [-0.05, 0) is 26.9 Å². The van der Waals surface area contributed by atoms with E-state index in [1.807, 2.05) is 32.6 Å². The average molecular weight is 213 g/mol. The van der Waals surface area contributed by atoms with E-state index >= 15 is 0 Å². The van der Waals surface area contributed by atoms with Gasteiger partial charge in [0, 0.05) is 6.04 Å². The monoisotopic (exact) mass is 213 g/mol. The van der Waals surface area contributed by atoms with Gasteiger partial charge < -0.3 is 0 Å². The van der Waals surface area contributed by atoms with E-state index in [4.69, 9.17) is 0 Å². The van der Waals surface area contributed by atoms with Gasteiger partial charge >= 0.3 is 5.91 Å². The molecule has 1 fully saturated rings. The van der Waals surface area contributed by atoms with Crippen LogP contribution in [0, 0.1) is 0 Å². The van der Waals surface area contributed by atoms with E-state index in [1.165, 1.54) is 5.01 Å². The van der Waals surface area contributed by atoms with Crippen LogP contribution in [0.25, 0.3) is 0 Å². The van der Waals surface area contributed by atoms with E-state index in [9.17, 15) is 9.59 Å². The van der Waals surface area contributed by atoms with Crippen molar-refractivity contribution in [1.82, 2.24) is 15.3 Å². The molecule has 1 unspecified atom stereocenters. The summed E-state index contributed by atoms with van der Waals surface area (Å²) in [5, 5.41) is 1.41. The van der Waals surface area contributed by atoms with Crippen molar-refractivity contribution in [3.05, 3.63) is 0 Å². The highest BCUT2D eigenvalue weighted by Crippen LogP contribution is 2.11. The van der Waals surface area contributed by atoms with Gasteiger partial charge in [0.25, 0.3) is 5.78 Å². The summed E-state index contributed by atoms with van der Waals surface area (Å²) in [6.07, 6.45) is -0.477. The summed E-state index contributed by atoms with van der Waals surface area (Å²) in [6.45, 7) is 9.20. The maximum atomic E-state index is 11.7. The molecule has 0 aromatic heterocycles. The molecule has 1 N–H and O–H groups in total. The largest absolute Gasteiger partial charge is 0.307 e. The highest BCUT2D eigenvalue weighted by Gasteiger charge is 2.41. The second-order valence-electron chi connectivity index (χ2n) is 3.89. The summed E-state index contributed by atoms with van der Waals surface area (Å²) >= 11 is 0. The molecule has 0 aliphatic carbocycles. The molecule has 1 rings (SSSR count). The molecule has 1 aliphatic heterocycles. The van der Waals surface area contributed by atoms with Crippen LogP contribution in [0.1, 0.15) is 27.7 Å². The molecular weight excluding hydrogens is 194 g/mol. The molecule has 0 bridgehead atoms. The molecule has 1 heterocycles. The topological polar surface area (TPSA) is 52.6 Å². The number of nitrogens with one attached hydrogen (secondary N) is 1. The number of ketones is 1. The molecule has 1 saturated heterocycles. The number of hydrazine groups is 1. The molecule has 15 heavy (non-hydrogen) atoms. The van der Waals surface area contributed by atoms with E-state index in [1.54, 1.807) is 0 Å². The fourth-order valence-corrected chi connectivity index (χ4v) is 1.70. The molecule has 5 heteroatoms. The van der Waals surface area contributed by atoms with Crippen LogP contribution < -0.4 is 5.43 Å². The number of hydrogen-bond acceptors (Lipinski definition) is 4. The first-order valence-electron chi connectivity index (χ1n) is 5.40. The summed E-state index contributed by atoms with van der Waals surface area (Å²) in [4.78, 5) is 25.2. The fraction of sp³-hybridized carbons (Fsp3) is 0.800. The zero-order valence-electron chi connectivity index (χ0n) is 9.78. The Balaban J connectivity index is 2.79. The van der Waals surface area contributed by atoms with Crippen LogP contribution in [0.15, 0.2) is 0 Å². The summed E-state index contributed by atoms with van der Waals surface area (Å²) in [5.41, 5.74) is 2.95. The van der Waals surface area contributed by atoms with Gasteiger partial charge in [-0.25, -0.2) is 5.43 Å². The quantitative estimate of drug-likeness (QED) is 0.667. The minimum absolute atomic E-state index is 0.00186. The molecule has 0 spiro atoms. The summed E-state index contributed by atoms with van der Waals surface area (Å²) < 4.78 is 0. The normalized spacial score (nSPS) is 22.3. The first-order valence-corrected chi connectivity index (χ1v) is 5.40. The lowest BCUT2D eigenvalue weighted by molar-refractivity contribution is -0.142. The third kappa shape index (κ3) is 2.18. The zero-order chi connectivity index (χ0) is 11.6. The standard InChI is InChI=1S/C10H19N3O2/c1-5-12(6-2)9-8(14)10(15)13(11-9)7(3)4/h7,9,11H,5-6H2,1-4H3. The smallest absolute Gasteiger partial charge is 0.285 e. The maximum Gasteiger partial charge on any atom is 0.307 e. The lowest BCUT2D eigenvalue weighted by Gasteiger charge is -2.26. The molecule has 0 aromatic rings. The zero-order valence-corrected chi connectivity index (χ0v) is 9.78. The molecular formula is C10H19N3O2. The number of nitrogens with zero attached hydrogens (tertiary/aromatic N) is 2. The van der Waals surface area contributed by atoms with Crippen LogP contribution in [-0.4, -0.2) is 46.9 Å². The van der Waals surface area contributed by atoms with Crippen molar-refractivity contribution in [2.24, 2.45) is 0 Å². The fourth-order valence-electron chi connectivity index (χ4n) is 1.70. The molecule has 1 aliphatic rings. The number of Topliss-reactive ketones (excluding diaryl/α,β-unsaturated/α-hetero) is 1. The Morgan fingerprint density at radius 2 is 1.87 bits per heavy atom. The number of amides is 1. The third-order valence-corrected chi connectivity index (χ3v) is 2.63. The Morgan fingerprint density at radius 1 is 1.33 bits per heavy atom. The molecule has 1 amide bonds. The highest BCUT2D eigenvalue weighted by atomic mass is 16.2. The van der Waals surface area contributed by atoms with Crippen LogP contribution in [0.5, 0.6) is 0 Å². The lowest BCUT2D eigenvalue weighted by Crippen LogP contribution is -2.49. The Kier molecular flexibility index (Phi) is 3.82. The van der Waals surface area contributed by atoms with Crippen LogP contribution in [0.2, 0.25) is 0 Å². The first kappa shape index (κ1) is 12.1. The Labute approximate surface area is 90.4 Å². The number of carbonyl (C=O) groups is 2. The minimum Gasteiger partial charge on any atom is -0.285 e. The van der Waals surface area contributed by atoms with Crippen molar-refractivity contribution in [3.8, 4) is 0 Å². The van der Waals surface area contributed by atoms with Gasteiger partial charge in [-0.2, -0.15) is 0 Å². The molecule has 1 atom stereocenters. The predicted octanol–water partition coefficient (Wildman–Crippen LogP) is -0.0214. The number of carbonyl (C=O) groups excluding carboxylic acids is 2. The Hall–Kier alpha value is -0.940. The van der Waals surface area contributed by atoms with E-state index < -0.39 is 12.1 Å². The Morgan fingerprint density at radius 3 is 2.20 bits per heavy atom. The summed E-state index contributed by atoms with van der Waals surface area (Å²) in [5.74, 6) is -0.783. The van der Waals surface area contributed by atoms with Gasteiger partial charge in [0.1, 0.15) is 6.17 Å². The number of rotatable bonds is 4. The van der Waals surface area contributed by atoms with Crippen molar-refractivity contribution in [1.29, 1.82) is 0 Å². The van der Waals surface area contributed by atoms with Crippen molar-refractivity contribution >= 4 is 11.7 Å². The maximum absolute atomic E-state index is 11.7. The van der Waals surface area contributed by atoms with Crippen LogP contribution in [-0.2, 0) is 9.59 Å². The van der Waals surface area contributed by atoms with Crippen molar-refractivity contribution in [2.75, 3.05) is 13.1 Å². The van der Waals surface area contributed by atoms with Gasteiger partial charge in [0.15, 0.2) is 0 Å². The highest BCUT2D eigenvalue weighted by molar-refractivity contribution is 6.39.